The van der Waals surface area contributed by atoms with Gasteiger partial charge in [0.25, 0.3) is 8.32 Å². The zero-order valence-corrected chi connectivity index (χ0v) is 18.5. The van der Waals surface area contributed by atoms with E-state index >= 15 is 0 Å². The third-order valence-electron chi connectivity index (χ3n) is 5.82. The quantitative estimate of drug-likeness (QED) is 0.397. The molecule has 0 aliphatic heterocycles. The van der Waals surface area contributed by atoms with E-state index in [0.29, 0.717) is 0 Å². The Bertz CT molecular complexity index is 871. The Hall–Kier alpha value is -2.34. The van der Waals surface area contributed by atoms with Crippen molar-refractivity contribution in [3.8, 4) is 12.3 Å². The molecule has 2 aromatic carbocycles. The van der Waals surface area contributed by atoms with E-state index in [1.165, 1.54) is 10.4 Å². The molecule has 1 nitrogen and oxygen atoms in total. The number of allylic oxidation sites excluding steroid dienone is 1. The summed E-state index contributed by atoms with van der Waals surface area (Å²) in [6.45, 7) is 13.4. The lowest BCUT2D eigenvalue weighted by Gasteiger charge is -2.46. The molecule has 0 bridgehead atoms. The van der Waals surface area contributed by atoms with Gasteiger partial charge in [-0.25, -0.2) is 0 Å². The standard InChI is InChI=1S/C26H30OSi/c1-7-22-19-18-20(2)25(21(22)3)27-28(26(4,5)6,23-14-10-8-11-15-23)24-16-12-9-13-17-24/h1,8-17,25H,2,18-19H2,3-6H3/t25-/m0/s1. The molecule has 144 valence electrons. The first-order chi connectivity index (χ1) is 13.3. The number of hydrogen-bond donors (Lipinski definition) is 0. The maximum Gasteiger partial charge on any atom is 0.262 e. The van der Waals surface area contributed by atoms with Gasteiger partial charge in [0.15, 0.2) is 0 Å². The molecular weight excluding hydrogens is 356 g/mol. The fraction of sp³-hybridized carbons (Fsp3) is 0.308. The summed E-state index contributed by atoms with van der Waals surface area (Å²) < 4.78 is 7.26. The van der Waals surface area contributed by atoms with Crippen molar-refractivity contribution >= 4 is 18.7 Å². The molecule has 0 saturated heterocycles. The van der Waals surface area contributed by atoms with Gasteiger partial charge < -0.3 is 4.43 Å². The van der Waals surface area contributed by atoms with Gasteiger partial charge in [0, 0.05) is 5.57 Å². The van der Waals surface area contributed by atoms with Gasteiger partial charge in [0.05, 0.1) is 6.10 Å². The van der Waals surface area contributed by atoms with Gasteiger partial charge in [-0.2, -0.15) is 0 Å². The van der Waals surface area contributed by atoms with Gasteiger partial charge in [0.1, 0.15) is 0 Å². The lowest BCUT2D eigenvalue weighted by atomic mass is 9.88. The summed E-state index contributed by atoms with van der Waals surface area (Å²) in [7, 11) is -2.63. The van der Waals surface area contributed by atoms with Gasteiger partial charge in [-0.1, -0.05) is 93.9 Å². The van der Waals surface area contributed by atoms with E-state index in [4.69, 9.17) is 10.8 Å². The van der Waals surface area contributed by atoms with Crippen molar-refractivity contribution in [1.29, 1.82) is 0 Å². The van der Waals surface area contributed by atoms with Crippen LogP contribution in [-0.4, -0.2) is 14.4 Å². The molecule has 0 unspecified atom stereocenters. The Morgan fingerprint density at radius 2 is 1.46 bits per heavy atom. The molecule has 1 aliphatic carbocycles. The van der Waals surface area contributed by atoms with Crippen molar-refractivity contribution in [2.75, 3.05) is 0 Å². The van der Waals surface area contributed by atoms with Gasteiger partial charge in [-0.3, -0.25) is 0 Å². The molecule has 2 heteroatoms. The van der Waals surface area contributed by atoms with E-state index in [0.717, 1.165) is 29.6 Å². The summed E-state index contributed by atoms with van der Waals surface area (Å²) in [5, 5.41) is 2.49. The van der Waals surface area contributed by atoms with E-state index in [-0.39, 0.29) is 11.1 Å². The largest absolute Gasteiger partial charge is 0.397 e. The Kier molecular flexibility index (Phi) is 5.79. The molecule has 3 rings (SSSR count). The molecule has 1 aliphatic rings. The van der Waals surface area contributed by atoms with E-state index < -0.39 is 8.32 Å². The van der Waals surface area contributed by atoms with E-state index in [1.807, 2.05) is 0 Å². The van der Waals surface area contributed by atoms with E-state index in [1.54, 1.807) is 0 Å². The lowest BCUT2D eigenvalue weighted by molar-refractivity contribution is 0.245. The second kappa shape index (κ2) is 7.95. The van der Waals surface area contributed by atoms with E-state index in [9.17, 15) is 0 Å². The van der Waals surface area contributed by atoms with Crippen LogP contribution in [0.5, 0.6) is 0 Å². The zero-order valence-electron chi connectivity index (χ0n) is 17.5. The summed E-state index contributed by atoms with van der Waals surface area (Å²) in [5.41, 5.74) is 3.34. The Balaban J connectivity index is 2.25. The van der Waals surface area contributed by atoms with Crippen LogP contribution >= 0.6 is 0 Å². The predicted octanol–water partition coefficient (Wildman–Crippen LogP) is 5.23. The third kappa shape index (κ3) is 3.53. The first-order valence-corrected chi connectivity index (χ1v) is 11.8. The average molecular weight is 387 g/mol. The monoisotopic (exact) mass is 386 g/mol. The fourth-order valence-corrected chi connectivity index (χ4v) is 9.02. The van der Waals surface area contributed by atoms with Gasteiger partial charge >= 0.3 is 0 Å². The third-order valence-corrected chi connectivity index (χ3v) is 10.8. The van der Waals surface area contributed by atoms with Crippen molar-refractivity contribution in [3.63, 3.8) is 0 Å². The Morgan fingerprint density at radius 3 is 1.89 bits per heavy atom. The van der Waals surface area contributed by atoms with Crippen LogP contribution in [0.3, 0.4) is 0 Å². The molecule has 0 N–H and O–H groups in total. The molecule has 0 heterocycles. The van der Waals surface area contributed by atoms with Crippen LogP contribution in [0.2, 0.25) is 5.04 Å². The number of terminal acetylenes is 1. The molecule has 0 saturated carbocycles. The maximum atomic E-state index is 7.26. The Labute approximate surface area is 171 Å². The second-order valence-electron chi connectivity index (χ2n) is 8.63. The van der Waals surface area contributed by atoms with Gasteiger partial charge in [-0.05, 0) is 46.3 Å². The molecular formula is C26H30OSi. The smallest absolute Gasteiger partial charge is 0.262 e. The van der Waals surface area contributed by atoms with Crippen molar-refractivity contribution in [2.45, 2.75) is 51.7 Å². The molecule has 0 radical (unpaired) electrons. The second-order valence-corrected chi connectivity index (χ2v) is 12.9. The summed E-state index contributed by atoms with van der Waals surface area (Å²) in [4.78, 5) is 0. The highest BCUT2D eigenvalue weighted by atomic mass is 28.4. The first kappa shape index (κ1) is 20.4. The van der Waals surface area contributed by atoms with Gasteiger partial charge in [0.2, 0.25) is 0 Å². The van der Waals surface area contributed by atoms with Crippen molar-refractivity contribution in [1.82, 2.24) is 0 Å². The first-order valence-electron chi connectivity index (χ1n) is 9.94. The average Bonchev–Trinajstić information content (AvgIpc) is 2.69. The molecule has 1 atom stereocenters. The minimum Gasteiger partial charge on any atom is -0.397 e. The van der Waals surface area contributed by atoms with Crippen molar-refractivity contribution in [3.05, 3.63) is 84.0 Å². The molecule has 28 heavy (non-hydrogen) atoms. The molecule has 0 amide bonds. The minimum absolute atomic E-state index is 0.0655. The van der Waals surface area contributed by atoms with Crippen LogP contribution < -0.4 is 10.4 Å². The highest BCUT2D eigenvalue weighted by molar-refractivity contribution is 6.99. The van der Waals surface area contributed by atoms with Crippen LogP contribution in [-0.2, 0) is 4.43 Å². The molecule has 0 fully saturated rings. The normalized spacial score (nSPS) is 18.1. The van der Waals surface area contributed by atoms with Crippen LogP contribution in [0, 0.1) is 12.3 Å². The van der Waals surface area contributed by atoms with Crippen LogP contribution in [0.1, 0.15) is 40.5 Å². The number of rotatable bonds is 4. The summed E-state index contributed by atoms with van der Waals surface area (Å²) >= 11 is 0. The fourth-order valence-electron chi connectivity index (χ4n) is 4.30. The predicted molar refractivity (Wildman–Crippen MR) is 122 cm³/mol. The molecule has 2 aromatic rings. The topological polar surface area (TPSA) is 9.23 Å². The highest BCUT2D eigenvalue weighted by Crippen LogP contribution is 2.41. The van der Waals surface area contributed by atoms with Crippen LogP contribution in [0.25, 0.3) is 0 Å². The maximum absolute atomic E-state index is 7.26. The zero-order chi connectivity index (χ0) is 20.4. The number of hydrogen-bond acceptors (Lipinski definition) is 1. The van der Waals surface area contributed by atoms with Crippen LogP contribution in [0.15, 0.2) is 84.0 Å². The van der Waals surface area contributed by atoms with Crippen molar-refractivity contribution in [2.24, 2.45) is 0 Å². The number of benzene rings is 2. The van der Waals surface area contributed by atoms with E-state index in [2.05, 4.69) is 101 Å². The SMILES string of the molecule is C#CC1=C(C)[C@@H](O[Si](c2ccccc2)(c2ccccc2)C(C)(C)C)C(=C)CC1. The lowest BCUT2D eigenvalue weighted by Crippen LogP contribution is -2.68. The molecule has 0 aromatic heterocycles. The Morgan fingerprint density at radius 1 is 0.964 bits per heavy atom. The summed E-state index contributed by atoms with van der Waals surface area (Å²) in [6, 6.07) is 21.5. The van der Waals surface area contributed by atoms with Crippen LogP contribution in [0.4, 0.5) is 0 Å². The molecule has 0 spiro atoms. The van der Waals surface area contributed by atoms with Gasteiger partial charge in [-0.15, -0.1) is 6.42 Å². The van der Waals surface area contributed by atoms with Crippen molar-refractivity contribution < 1.29 is 4.43 Å². The summed E-state index contributed by atoms with van der Waals surface area (Å²) in [5.74, 6) is 2.88. The highest BCUT2D eigenvalue weighted by Gasteiger charge is 2.52. The minimum atomic E-state index is -2.63. The summed E-state index contributed by atoms with van der Waals surface area (Å²) in [6.07, 6.45) is 7.44.